The van der Waals surface area contributed by atoms with Crippen molar-refractivity contribution in [2.75, 3.05) is 26.6 Å². The molecule has 2 aromatic carbocycles. The van der Waals surface area contributed by atoms with Crippen molar-refractivity contribution in [2.24, 2.45) is 0 Å². The molecule has 0 unspecified atom stereocenters. The molecule has 0 aromatic heterocycles. The van der Waals surface area contributed by atoms with Gasteiger partial charge in [-0.1, -0.05) is 13.0 Å². The van der Waals surface area contributed by atoms with Crippen LogP contribution in [0, 0.1) is 0 Å². The van der Waals surface area contributed by atoms with Crippen molar-refractivity contribution in [1.82, 2.24) is 0 Å². The van der Waals surface area contributed by atoms with E-state index in [4.69, 9.17) is 0 Å². The summed E-state index contributed by atoms with van der Waals surface area (Å²) < 4.78 is 54.7. The Balaban J connectivity index is 1.88. The van der Waals surface area contributed by atoms with Gasteiger partial charge in [-0.05, 0) is 61.2 Å². The van der Waals surface area contributed by atoms with E-state index < -0.39 is 20.0 Å². The SMILES string of the molecule is CCCS(=O)(=O)N1CCCc2ccc(NS(=O)(=O)c3ccc(NC(C)=O)cc3)cc21. The van der Waals surface area contributed by atoms with Gasteiger partial charge in [0.15, 0.2) is 0 Å². The standard InChI is InChI=1S/C20H25N3O5S2/c1-3-13-29(25,26)23-12-4-5-16-6-7-18(14-20(16)23)22-30(27,28)19-10-8-17(9-11-19)21-15(2)24/h6-11,14,22H,3-5,12-13H2,1-2H3,(H,21,24). The van der Waals surface area contributed by atoms with Gasteiger partial charge < -0.3 is 5.32 Å². The molecule has 3 rings (SSSR count). The van der Waals surface area contributed by atoms with Gasteiger partial charge in [0.25, 0.3) is 10.0 Å². The number of anilines is 3. The summed E-state index contributed by atoms with van der Waals surface area (Å²) >= 11 is 0. The van der Waals surface area contributed by atoms with E-state index in [0.29, 0.717) is 30.0 Å². The first-order valence-electron chi connectivity index (χ1n) is 9.66. The van der Waals surface area contributed by atoms with Gasteiger partial charge >= 0.3 is 0 Å². The van der Waals surface area contributed by atoms with Crippen molar-refractivity contribution < 1.29 is 21.6 Å². The van der Waals surface area contributed by atoms with E-state index in [2.05, 4.69) is 10.0 Å². The zero-order valence-electron chi connectivity index (χ0n) is 16.9. The Kier molecular flexibility index (Phi) is 6.37. The second kappa shape index (κ2) is 8.65. The molecule has 8 nitrogen and oxygen atoms in total. The molecule has 0 saturated heterocycles. The first kappa shape index (κ1) is 22.1. The van der Waals surface area contributed by atoms with Gasteiger partial charge in [0.1, 0.15) is 0 Å². The molecular formula is C20H25N3O5S2. The molecular weight excluding hydrogens is 426 g/mol. The maximum absolute atomic E-state index is 12.8. The molecule has 2 N–H and O–H groups in total. The van der Waals surface area contributed by atoms with Crippen LogP contribution in [0.1, 0.15) is 32.3 Å². The summed E-state index contributed by atoms with van der Waals surface area (Å²) in [5.41, 5.74) is 2.18. The van der Waals surface area contributed by atoms with Gasteiger partial charge in [-0.15, -0.1) is 0 Å². The monoisotopic (exact) mass is 451 g/mol. The molecule has 1 heterocycles. The van der Waals surface area contributed by atoms with Crippen molar-refractivity contribution in [2.45, 2.75) is 38.0 Å². The van der Waals surface area contributed by atoms with Crippen LogP contribution in [0.3, 0.4) is 0 Å². The van der Waals surface area contributed by atoms with Crippen LogP contribution >= 0.6 is 0 Å². The number of amides is 1. The third-order valence-corrected chi connectivity index (χ3v) is 8.07. The highest BCUT2D eigenvalue weighted by Crippen LogP contribution is 2.33. The number of carbonyl (C=O) groups excluding carboxylic acids is 1. The second-order valence-electron chi connectivity index (χ2n) is 7.15. The summed E-state index contributed by atoms with van der Waals surface area (Å²) in [7, 11) is -7.33. The van der Waals surface area contributed by atoms with Crippen LogP contribution < -0.4 is 14.3 Å². The molecule has 0 spiro atoms. The number of hydrogen-bond acceptors (Lipinski definition) is 5. The van der Waals surface area contributed by atoms with Crippen molar-refractivity contribution in [1.29, 1.82) is 0 Å². The number of fused-ring (bicyclic) bond motifs is 1. The highest BCUT2D eigenvalue weighted by atomic mass is 32.2. The van der Waals surface area contributed by atoms with Gasteiger partial charge in [-0.25, -0.2) is 16.8 Å². The second-order valence-corrected chi connectivity index (χ2v) is 10.8. The van der Waals surface area contributed by atoms with Gasteiger partial charge in [0, 0.05) is 19.2 Å². The van der Waals surface area contributed by atoms with E-state index in [1.807, 2.05) is 6.92 Å². The number of aryl methyl sites for hydroxylation is 1. The molecule has 0 atom stereocenters. The number of nitrogens with one attached hydrogen (secondary N) is 2. The number of sulfonamides is 2. The number of carbonyl (C=O) groups is 1. The predicted octanol–water partition coefficient (Wildman–Crippen LogP) is 2.94. The van der Waals surface area contributed by atoms with E-state index in [-0.39, 0.29) is 16.6 Å². The Morgan fingerprint density at radius 3 is 2.33 bits per heavy atom. The summed E-state index contributed by atoms with van der Waals surface area (Å²) in [5.74, 6) is -0.205. The average molecular weight is 452 g/mol. The van der Waals surface area contributed by atoms with Gasteiger partial charge in [0.05, 0.1) is 22.0 Å². The summed E-state index contributed by atoms with van der Waals surface area (Å²) in [6.07, 6.45) is 1.97. The topological polar surface area (TPSA) is 113 Å². The molecule has 0 fully saturated rings. The number of nitrogens with zero attached hydrogens (tertiary/aromatic N) is 1. The van der Waals surface area contributed by atoms with E-state index in [1.54, 1.807) is 18.2 Å². The smallest absolute Gasteiger partial charge is 0.261 e. The minimum Gasteiger partial charge on any atom is -0.326 e. The molecule has 1 aliphatic heterocycles. The zero-order valence-corrected chi connectivity index (χ0v) is 18.5. The van der Waals surface area contributed by atoms with Crippen LogP contribution in [0.25, 0.3) is 0 Å². The van der Waals surface area contributed by atoms with E-state index in [0.717, 1.165) is 18.4 Å². The lowest BCUT2D eigenvalue weighted by atomic mass is 10.0. The fourth-order valence-electron chi connectivity index (χ4n) is 3.40. The summed E-state index contributed by atoms with van der Waals surface area (Å²) in [4.78, 5) is 11.1. The van der Waals surface area contributed by atoms with Crippen molar-refractivity contribution >= 4 is 43.0 Å². The summed E-state index contributed by atoms with van der Waals surface area (Å²) in [5, 5.41) is 2.58. The average Bonchev–Trinajstić information content (AvgIpc) is 2.67. The summed E-state index contributed by atoms with van der Waals surface area (Å²) in [6.45, 7) is 3.56. The lowest BCUT2D eigenvalue weighted by Gasteiger charge is -2.31. The lowest BCUT2D eigenvalue weighted by Crippen LogP contribution is -2.37. The molecule has 0 radical (unpaired) electrons. The molecule has 0 bridgehead atoms. The molecule has 0 aliphatic carbocycles. The molecule has 0 saturated carbocycles. The van der Waals surface area contributed by atoms with Gasteiger partial charge in [-0.3, -0.25) is 13.8 Å². The minimum atomic E-state index is -3.88. The first-order chi connectivity index (χ1) is 14.1. The Bertz CT molecular complexity index is 1140. The molecule has 2 aromatic rings. The maximum Gasteiger partial charge on any atom is 0.261 e. The third kappa shape index (κ3) is 4.93. The van der Waals surface area contributed by atoms with Crippen LogP contribution in [0.15, 0.2) is 47.4 Å². The number of rotatable bonds is 7. The van der Waals surface area contributed by atoms with E-state index in [1.165, 1.54) is 35.5 Å². The van der Waals surface area contributed by atoms with Gasteiger partial charge in [0.2, 0.25) is 15.9 Å². The van der Waals surface area contributed by atoms with Crippen LogP contribution in [0.2, 0.25) is 0 Å². The molecule has 30 heavy (non-hydrogen) atoms. The van der Waals surface area contributed by atoms with Gasteiger partial charge in [-0.2, -0.15) is 0 Å². The minimum absolute atomic E-state index is 0.0322. The zero-order chi connectivity index (χ0) is 21.9. The number of hydrogen-bond donors (Lipinski definition) is 2. The Labute approximate surface area is 177 Å². The van der Waals surface area contributed by atoms with Crippen LogP contribution in [0.4, 0.5) is 17.1 Å². The number of benzene rings is 2. The molecule has 1 aliphatic rings. The van der Waals surface area contributed by atoms with E-state index in [9.17, 15) is 21.6 Å². The van der Waals surface area contributed by atoms with E-state index >= 15 is 0 Å². The molecule has 10 heteroatoms. The molecule has 162 valence electrons. The maximum atomic E-state index is 12.8. The predicted molar refractivity (Wildman–Crippen MR) is 118 cm³/mol. The fourth-order valence-corrected chi connectivity index (χ4v) is 6.06. The highest BCUT2D eigenvalue weighted by Gasteiger charge is 2.27. The van der Waals surface area contributed by atoms with Crippen LogP contribution in [-0.4, -0.2) is 35.0 Å². The lowest BCUT2D eigenvalue weighted by molar-refractivity contribution is -0.114. The van der Waals surface area contributed by atoms with Crippen molar-refractivity contribution in [3.05, 3.63) is 48.0 Å². The van der Waals surface area contributed by atoms with Crippen LogP contribution in [0.5, 0.6) is 0 Å². The quantitative estimate of drug-likeness (QED) is 0.672. The largest absolute Gasteiger partial charge is 0.326 e. The van der Waals surface area contributed by atoms with Crippen molar-refractivity contribution in [3.8, 4) is 0 Å². The fraction of sp³-hybridized carbons (Fsp3) is 0.350. The Hall–Kier alpha value is -2.59. The highest BCUT2D eigenvalue weighted by molar-refractivity contribution is 7.93. The normalized spacial score (nSPS) is 14.1. The Morgan fingerprint density at radius 2 is 1.70 bits per heavy atom. The van der Waals surface area contributed by atoms with Crippen LogP contribution in [-0.2, 0) is 31.3 Å². The Morgan fingerprint density at radius 1 is 1.03 bits per heavy atom. The first-order valence-corrected chi connectivity index (χ1v) is 12.8. The third-order valence-electron chi connectivity index (χ3n) is 4.70. The summed E-state index contributed by atoms with van der Waals surface area (Å²) in [6, 6.07) is 10.8. The van der Waals surface area contributed by atoms with Crippen molar-refractivity contribution in [3.63, 3.8) is 0 Å². The molecule has 1 amide bonds.